The molecule has 0 aliphatic carbocycles. The molecule has 3 rings (SSSR count). The van der Waals surface area contributed by atoms with Crippen LogP contribution in [-0.2, 0) is 11.2 Å². The molecule has 0 fully saturated rings. The maximum absolute atomic E-state index is 12.4. The first-order chi connectivity index (χ1) is 11.0. The number of carbonyl (C=O) groups is 1. The SMILES string of the molecule is CN1C(=CC(=O)Nc2ccccc2)c2ccccc2CC1(C)C. The zero-order valence-electron chi connectivity index (χ0n) is 13.8. The first-order valence-corrected chi connectivity index (χ1v) is 7.87. The highest BCUT2D eigenvalue weighted by atomic mass is 16.1. The number of benzene rings is 2. The van der Waals surface area contributed by atoms with E-state index < -0.39 is 0 Å². The second kappa shape index (κ2) is 5.92. The Morgan fingerprint density at radius 2 is 1.74 bits per heavy atom. The third-order valence-electron chi connectivity index (χ3n) is 4.49. The van der Waals surface area contributed by atoms with Crippen molar-refractivity contribution in [1.29, 1.82) is 0 Å². The van der Waals surface area contributed by atoms with Gasteiger partial charge in [-0.1, -0.05) is 42.5 Å². The van der Waals surface area contributed by atoms with Gasteiger partial charge in [0.1, 0.15) is 0 Å². The Balaban J connectivity index is 1.95. The first-order valence-electron chi connectivity index (χ1n) is 7.87. The molecule has 1 amide bonds. The van der Waals surface area contributed by atoms with Crippen molar-refractivity contribution in [1.82, 2.24) is 4.90 Å². The van der Waals surface area contributed by atoms with Gasteiger partial charge in [0.15, 0.2) is 0 Å². The number of nitrogens with zero attached hydrogens (tertiary/aromatic N) is 1. The summed E-state index contributed by atoms with van der Waals surface area (Å²) in [5, 5.41) is 2.93. The number of hydrogen-bond acceptors (Lipinski definition) is 2. The Labute approximate surface area is 137 Å². The van der Waals surface area contributed by atoms with Crippen LogP contribution in [0.5, 0.6) is 0 Å². The summed E-state index contributed by atoms with van der Waals surface area (Å²) in [4.78, 5) is 14.6. The molecule has 3 nitrogen and oxygen atoms in total. The molecule has 23 heavy (non-hydrogen) atoms. The molecule has 2 aromatic rings. The number of rotatable bonds is 2. The lowest BCUT2D eigenvalue weighted by Crippen LogP contribution is -2.45. The molecule has 3 heteroatoms. The molecule has 0 aromatic heterocycles. The molecule has 2 aromatic carbocycles. The molecule has 0 saturated carbocycles. The van der Waals surface area contributed by atoms with Crippen molar-refractivity contribution < 1.29 is 4.79 Å². The van der Waals surface area contributed by atoms with Crippen molar-refractivity contribution in [3.8, 4) is 0 Å². The monoisotopic (exact) mass is 306 g/mol. The molecule has 1 heterocycles. The maximum Gasteiger partial charge on any atom is 0.250 e. The Morgan fingerprint density at radius 3 is 2.48 bits per heavy atom. The average molecular weight is 306 g/mol. The number of fused-ring (bicyclic) bond motifs is 1. The number of anilines is 1. The Kier molecular flexibility index (Phi) is 3.95. The highest BCUT2D eigenvalue weighted by Gasteiger charge is 2.33. The van der Waals surface area contributed by atoms with E-state index in [0.29, 0.717) is 0 Å². The van der Waals surface area contributed by atoms with Gasteiger partial charge >= 0.3 is 0 Å². The van der Waals surface area contributed by atoms with E-state index in [1.165, 1.54) is 5.56 Å². The van der Waals surface area contributed by atoms with Crippen molar-refractivity contribution in [2.24, 2.45) is 0 Å². The summed E-state index contributed by atoms with van der Waals surface area (Å²) in [5.41, 5.74) is 4.17. The number of hydrogen-bond donors (Lipinski definition) is 1. The lowest BCUT2D eigenvalue weighted by molar-refractivity contribution is -0.111. The largest absolute Gasteiger partial charge is 0.368 e. The standard InChI is InChI=1S/C20H22N2O/c1-20(2)14-15-9-7-8-12-17(15)18(22(20)3)13-19(23)21-16-10-5-4-6-11-16/h4-13H,14H2,1-3H3,(H,21,23). The predicted molar refractivity (Wildman–Crippen MR) is 95.0 cm³/mol. The molecule has 1 aliphatic heterocycles. The molecular weight excluding hydrogens is 284 g/mol. The smallest absolute Gasteiger partial charge is 0.250 e. The van der Waals surface area contributed by atoms with Crippen molar-refractivity contribution in [3.63, 3.8) is 0 Å². The lowest BCUT2D eigenvalue weighted by Gasteiger charge is -2.44. The summed E-state index contributed by atoms with van der Waals surface area (Å²) in [5.74, 6) is -0.106. The van der Waals surface area contributed by atoms with Gasteiger partial charge in [-0.05, 0) is 38.0 Å². The topological polar surface area (TPSA) is 32.3 Å². The van der Waals surface area contributed by atoms with Gasteiger partial charge in [0, 0.05) is 35.6 Å². The van der Waals surface area contributed by atoms with Crippen LogP contribution in [-0.4, -0.2) is 23.4 Å². The van der Waals surface area contributed by atoms with E-state index in [-0.39, 0.29) is 11.4 Å². The number of amides is 1. The fourth-order valence-corrected chi connectivity index (χ4v) is 3.01. The van der Waals surface area contributed by atoms with Crippen molar-refractivity contribution in [3.05, 3.63) is 71.8 Å². The van der Waals surface area contributed by atoms with E-state index in [2.05, 4.69) is 49.3 Å². The van der Waals surface area contributed by atoms with Crippen LogP contribution in [0.3, 0.4) is 0 Å². The van der Waals surface area contributed by atoms with Crippen LogP contribution in [0.2, 0.25) is 0 Å². The Morgan fingerprint density at radius 1 is 1.09 bits per heavy atom. The molecule has 0 spiro atoms. The molecule has 0 unspecified atom stereocenters. The summed E-state index contributed by atoms with van der Waals surface area (Å²) in [6.45, 7) is 4.40. The van der Waals surface area contributed by atoms with Gasteiger partial charge in [0.05, 0.1) is 0 Å². The first kappa shape index (κ1) is 15.3. The summed E-state index contributed by atoms with van der Waals surface area (Å²) < 4.78 is 0. The molecule has 0 saturated heterocycles. The van der Waals surface area contributed by atoms with Crippen molar-refractivity contribution in [2.75, 3.05) is 12.4 Å². The summed E-state index contributed by atoms with van der Waals surface area (Å²) in [6.07, 6.45) is 2.67. The molecule has 0 atom stereocenters. The van der Waals surface area contributed by atoms with E-state index in [1.54, 1.807) is 6.08 Å². The maximum atomic E-state index is 12.4. The molecule has 118 valence electrons. The van der Waals surface area contributed by atoms with Crippen LogP contribution < -0.4 is 5.32 Å². The number of nitrogens with one attached hydrogen (secondary N) is 1. The minimum atomic E-state index is -0.106. The fraction of sp³-hybridized carbons (Fsp3) is 0.250. The quantitative estimate of drug-likeness (QED) is 0.853. The van der Waals surface area contributed by atoms with Gasteiger partial charge in [0.25, 0.3) is 0 Å². The van der Waals surface area contributed by atoms with Crippen molar-refractivity contribution >= 4 is 17.3 Å². The van der Waals surface area contributed by atoms with Gasteiger partial charge in [0.2, 0.25) is 5.91 Å². The Bertz CT molecular complexity index is 747. The number of likely N-dealkylation sites (N-methyl/N-ethyl adjacent to an activating group) is 1. The van der Waals surface area contributed by atoms with E-state index in [0.717, 1.165) is 23.4 Å². The van der Waals surface area contributed by atoms with E-state index in [4.69, 9.17) is 0 Å². The van der Waals surface area contributed by atoms with Crippen LogP contribution in [0.15, 0.2) is 60.7 Å². The molecule has 1 aliphatic rings. The van der Waals surface area contributed by atoms with E-state index in [1.807, 2.05) is 36.4 Å². The molecular formula is C20H22N2O. The van der Waals surface area contributed by atoms with Gasteiger partial charge < -0.3 is 10.2 Å². The molecule has 0 radical (unpaired) electrons. The number of para-hydroxylation sites is 1. The van der Waals surface area contributed by atoms with Crippen LogP contribution in [0.4, 0.5) is 5.69 Å². The lowest BCUT2D eigenvalue weighted by atomic mass is 9.84. The van der Waals surface area contributed by atoms with Gasteiger partial charge in [-0.2, -0.15) is 0 Å². The normalized spacial score (nSPS) is 17.7. The third kappa shape index (κ3) is 3.14. The van der Waals surface area contributed by atoms with Gasteiger partial charge in [-0.3, -0.25) is 4.79 Å². The Hall–Kier alpha value is -2.55. The summed E-state index contributed by atoms with van der Waals surface area (Å²) >= 11 is 0. The van der Waals surface area contributed by atoms with Crippen LogP contribution in [0.25, 0.3) is 5.70 Å². The predicted octanol–water partition coefficient (Wildman–Crippen LogP) is 3.93. The van der Waals surface area contributed by atoms with Crippen LogP contribution in [0.1, 0.15) is 25.0 Å². The minimum absolute atomic E-state index is 0.0206. The molecule has 0 bridgehead atoms. The van der Waals surface area contributed by atoms with Crippen molar-refractivity contribution in [2.45, 2.75) is 25.8 Å². The second-order valence-electron chi connectivity index (χ2n) is 6.59. The zero-order valence-corrected chi connectivity index (χ0v) is 13.8. The highest BCUT2D eigenvalue weighted by Crippen LogP contribution is 2.36. The van der Waals surface area contributed by atoms with Gasteiger partial charge in [-0.25, -0.2) is 0 Å². The fourth-order valence-electron chi connectivity index (χ4n) is 3.01. The minimum Gasteiger partial charge on any atom is -0.368 e. The van der Waals surface area contributed by atoms with E-state index >= 15 is 0 Å². The second-order valence-corrected chi connectivity index (χ2v) is 6.59. The number of carbonyl (C=O) groups excluding carboxylic acids is 1. The average Bonchev–Trinajstić information content (AvgIpc) is 2.52. The highest BCUT2D eigenvalue weighted by molar-refractivity contribution is 6.04. The van der Waals surface area contributed by atoms with Gasteiger partial charge in [-0.15, -0.1) is 0 Å². The van der Waals surface area contributed by atoms with Crippen LogP contribution >= 0.6 is 0 Å². The summed E-state index contributed by atoms with van der Waals surface area (Å²) in [6, 6.07) is 17.8. The molecule has 1 N–H and O–H groups in total. The van der Waals surface area contributed by atoms with Crippen LogP contribution in [0, 0.1) is 0 Å². The third-order valence-corrected chi connectivity index (χ3v) is 4.49. The zero-order chi connectivity index (χ0) is 16.4. The summed E-state index contributed by atoms with van der Waals surface area (Å²) in [7, 11) is 2.05. The van der Waals surface area contributed by atoms with E-state index in [9.17, 15) is 4.79 Å².